The Morgan fingerprint density at radius 3 is 2.96 bits per heavy atom. The van der Waals surface area contributed by atoms with Gasteiger partial charge in [0.15, 0.2) is 0 Å². The number of anilines is 2. The van der Waals surface area contributed by atoms with Gasteiger partial charge in [-0.25, -0.2) is 15.0 Å². The SMILES string of the molecule is NCC1CCCN1c1ccnc2[nH]cc(-c3ccnc(N)n3)c12. The summed E-state index contributed by atoms with van der Waals surface area (Å²) in [4.78, 5) is 18.4. The standard InChI is InChI=1S/C16H19N7/c17-8-10-2-1-7-23(10)13-4-6-19-15-14(13)11(9-21-15)12-3-5-20-16(18)22-12/h3-6,9-10H,1-2,7-8,17H2,(H,19,21)(H2,18,20,22). The molecule has 0 amide bonds. The van der Waals surface area contributed by atoms with E-state index in [9.17, 15) is 0 Å². The number of H-pyrrole nitrogens is 1. The zero-order chi connectivity index (χ0) is 15.8. The van der Waals surface area contributed by atoms with Crippen molar-refractivity contribution >= 4 is 22.7 Å². The minimum absolute atomic E-state index is 0.267. The Kier molecular flexibility index (Phi) is 3.34. The van der Waals surface area contributed by atoms with Crippen LogP contribution in [0.1, 0.15) is 12.8 Å². The van der Waals surface area contributed by atoms with Crippen molar-refractivity contribution in [2.24, 2.45) is 5.73 Å². The van der Waals surface area contributed by atoms with E-state index in [1.54, 1.807) is 6.20 Å². The van der Waals surface area contributed by atoms with Gasteiger partial charge in [0, 0.05) is 43.3 Å². The number of hydrogen-bond donors (Lipinski definition) is 3. The normalized spacial score (nSPS) is 18.0. The van der Waals surface area contributed by atoms with Crippen molar-refractivity contribution in [3.63, 3.8) is 0 Å². The van der Waals surface area contributed by atoms with Crippen LogP contribution >= 0.6 is 0 Å². The van der Waals surface area contributed by atoms with E-state index in [1.807, 2.05) is 18.5 Å². The summed E-state index contributed by atoms with van der Waals surface area (Å²) in [5.74, 6) is 0.267. The molecule has 4 rings (SSSR count). The van der Waals surface area contributed by atoms with Crippen LogP contribution in [-0.4, -0.2) is 39.1 Å². The van der Waals surface area contributed by atoms with E-state index in [0.717, 1.165) is 47.4 Å². The summed E-state index contributed by atoms with van der Waals surface area (Å²) in [6, 6.07) is 4.29. The summed E-state index contributed by atoms with van der Waals surface area (Å²) in [5, 5.41) is 1.06. The third-order valence-electron chi connectivity index (χ3n) is 4.46. The number of aromatic nitrogens is 4. The Bertz CT molecular complexity index is 841. The second-order valence-corrected chi connectivity index (χ2v) is 5.78. The number of nitrogens with zero attached hydrogens (tertiary/aromatic N) is 4. The van der Waals surface area contributed by atoms with Gasteiger partial charge >= 0.3 is 0 Å². The van der Waals surface area contributed by atoms with Crippen molar-refractivity contribution in [3.8, 4) is 11.3 Å². The molecule has 5 N–H and O–H groups in total. The van der Waals surface area contributed by atoms with Crippen molar-refractivity contribution in [2.75, 3.05) is 23.7 Å². The third kappa shape index (κ3) is 2.29. The van der Waals surface area contributed by atoms with Gasteiger partial charge in [0.25, 0.3) is 0 Å². The molecule has 0 aliphatic carbocycles. The molecule has 1 saturated heterocycles. The van der Waals surface area contributed by atoms with Gasteiger partial charge in [-0.2, -0.15) is 0 Å². The van der Waals surface area contributed by atoms with E-state index < -0.39 is 0 Å². The number of hydrogen-bond acceptors (Lipinski definition) is 6. The first-order valence-corrected chi connectivity index (χ1v) is 7.79. The molecule has 7 nitrogen and oxygen atoms in total. The molecule has 4 heterocycles. The number of aromatic amines is 1. The van der Waals surface area contributed by atoms with Crippen LogP contribution < -0.4 is 16.4 Å². The topological polar surface area (TPSA) is 110 Å². The third-order valence-corrected chi connectivity index (χ3v) is 4.46. The number of pyridine rings is 1. The second kappa shape index (κ2) is 5.51. The first-order valence-electron chi connectivity index (χ1n) is 7.79. The van der Waals surface area contributed by atoms with E-state index in [1.165, 1.54) is 0 Å². The lowest BCUT2D eigenvalue weighted by molar-refractivity contribution is 0.678. The summed E-state index contributed by atoms with van der Waals surface area (Å²) < 4.78 is 0. The van der Waals surface area contributed by atoms with Crippen LogP contribution in [0.15, 0.2) is 30.7 Å². The highest BCUT2D eigenvalue weighted by Gasteiger charge is 2.26. The molecule has 3 aromatic rings. The zero-order valence-electron chi connectivity index (χ0n) is 12.7. The molecule has 0 aromatic carbocycles. The van der Waals surface area contributed by atoms with Crippen LogP contribution in [0.2, 0.25) is 0 Å². The lowest BCUT2D eigenvalue weighted by Gasteiger charge is -2.26. The summed E-state index contributed by atoms with van der Waals surface area (Å²) >= 11 is 0. The van der Waals surface area contributed by atoms with Gasteiger partial charge in [-0.15, -0.1) is 0 Å². The molecule has 3 aromatic heterocycles. The van der Waals surface area contributed by atoms with E-state index in [-0.39, 0.29) is 5.95 Å². The van der Waals surface area contributed by atoms with Gasteiger partial charge < -0.3 is 21.4 Å². The Labute approximate surface area is 133 Å². The van der Waals surface area contributed by atoms with Crippen molar-refractivity contribution < 1.29 is 0 Å². The average Bonchev–Trinajstić information content (AvgIpc) is 3.21. The molecule has 23 heavy (non-hydrogen) atoms. The van der Waals surface area contributed by atoms with E-state index in [2.05, 4.69) is 30.9 Å². The summed E-state index contributed by atoms with van der Waals surface area (Å²) in [7, 11) is 0. The van der Waals surface area contributed by atoms with Crippen molar-refractivity contribution in [3.05, 3.63) is 30.7 Å². The zero-order valence-corrected chi connectivity index (χ0v) is 12.7. The van der Waals surface area contributed by atoms with Gasteiger partial charge in [0.2, 0.25) is 5.95 Å². The van der Waals surface area contributed by atoms with Gasteiger partial charge in [0.05, 0.1) is 16.8 Å². The molecule has 1 fully saturated rings. The number of nitrogen functional groups attached to an aromatic ring is 1. The van der Waals surface area contributed by atoms with Crippen LogP contribution in [0.5, 0.6) is 0 Å². The Balaban J connectivity index is 1.91. The van der Waals surface area contributed by atoms with Crippen molar-refractivity contribution in [1.29, 1.82) is 0 Å². The summed E-state index contributed by atoms with van der Waals surface area (Å²) in [6.07, 6.45) is 7.71. The van der Waals surface area contributed by atoms with Gasteiger partial charge in [0.1, 0.15) is 5.65 Å². The first kappa shape index (κ1) is 14.0. The second-order valence-electron chi connectivity index (χ2n) is 5.78. The lowest BCUT2D eigenvalue weighted by atomic mass is 10.1. The molecule has 1 atom stereocenters. The molecular weight excluding hydrogens is 290 g/mol. The minimum Gasteiger partial charge on any atom is -0.368 e. The fourth-order valence-corrected chi connectivity index (χ4v) is 3.40. The maximum Gasteiger partial charge on any atom is 0.220 e. The van der Waals surface area contributed by atoms with Crippen LogP contribution in [-0.2, 0) is 0 Å². The largest absolute Gasteiger partial charge is 0.368 e. The fraction of sp³-hybridized carbons (Fsp3) is 0.312. The summed E-state index contributed by atoms with van der Waals surface area (Å²) in [6.45, 7) is 1.67. The Morgan fingerprint density at radius 1 is 1.26 bits per heavy atom. The molecule has 1 unspecified atom stereocenters. The van der Waals surface area contributed by atoms with E-state index in [0.29, 0.717) is 12.6 Å². The van der Waals surface area contributed by atoms with Crippen molar-refractivity contribution in [1.82, 2.24) is 19.9 Å². The van der Waals surface area contributed by atoms with Crippen LogP contribution in [0, 0.1) is 0 Å². The van der Waals surface area contributed by atoms with Crippen LogP contribution in [0.3, 0.4) is 0 Å². The highest BCUT2D eigenvalue weighted by atomic mass is 15.2. The molecule has 0 spiro atoms. The number of rotatable bonds is 3. The predicted molar refractivity (Wildman–Crippen MR) is 91.0 cm³/mol. The molecule has 1 aliphatic rings. The van der Waals surface area contributed by atoms with Crippen LogP contribution in [0.25, 0.3) is 22.3 Å². The molecule has 0 saturated carbocycles. The highest BCUT2D eigenvalue weighted by Crippen LogP contribution is 2.36. The molecule has 0 bridgehead atoms. The van der Waals surface area contributed by atoms with Gasteiger partial charge in [-0.1, -0.05) is 0 Å². The number of fused-ring (bicyclic) bond motifs is 1. The van der Waals surface area contributed by atoms with Gasteiger partial charge in [-0.3, -0.25) is 0 Å². The Morgan fingerprint density at radius 2 is 2.13 bits per heavy atom. The predicted octanol–water partition coefficient (Wildman–Crippen LogP) is 1.53. The van der Waals surface area contributed by atoms with Crippen molar-refractivity contribution in [2.45, 2.75) is 18.9 Å². The first-order chi connectivity index (χ1) is 11.3. The average molecular weight is 309 g/mol. The molecule has 118 valence electrons. The minimum atomic E-state index is 0.267. The number of nitrogens with one attached hydrogen (secondary N) is 1. The lowest BCUT2D eigenvalue weighted by Crippen LogP contribution is -2.35. The summed E-state index contributed by atoms with van der Waals surface area (Å²) in [5.41, 5.74) is 15.5. The Hall–Kier alpha value is -2.67. The maximum atomic E-state index is 5.95. The molecule has 1 aliphatic heterocycles. The molecule has 0 radical (unpaired) electrons. The molecule has 7 heteroatoms. The quantitative estimate of drug-likeness (QED) is 0.677. The van der Waals surface area contributed by atoms with Crippen LogP contribution in [0.4, 0.5) is 11.6 Å². The van der Waals surface area contributed by atoms with Gasteiger partial charge in [-0.05, 0) is 25.0 Å². The monoisotopic (exact) mass is 309 g/mol. The van der Waals surface area contributed by atoms with E-state index in [4.69, 9.17) is 11.5 Å². The number of nitrogens with two attached hydrogens (primary N) is 2. The highest BCUT2D eigenvalue weighted by molar-refractivity contribution is 6.02. The maximum absolute atomic E-state index is 5.95. The fourth-order valence-electron chi connectivity index (χ4n) is 3.40. The smallest absolute Gasteiger partial charge is 0.220 e. The molecular formula is C16H19N7. The van der Waals surface area contributed by atoms with E-state index >= 15 is 0 Å².